The van der Waals surface area contributed by atoms with Crippen LogP contribution in [0.25, 0.3) is 0 Å². The lowest BCUT2D eigenvalue weighted by atomic mass is 10.0. The summed E-state index contributed by atoms with van der Waals surface area (Å²) in [6.45, 7) is 3.67. The number of nitrogens with zero attached hydrogens (tertiary/aromatic N) is 1. The van der Waals surface area contributed by atoms with Crippen molar-refractivity contribution >= 4 is 5.91 Å². The van der Waals surface area contributed by atoms with Gasteiger partial charge in [0.05, 0.1) is 13.2 Å². The van der Waals surface area contributed by atoms with Crippen LogP contribution in [-0.4, -0.2) is 63.8 Å². The van der Waals surface area contributed by atoms with Gasteiger partial charge in [-0.15, -0.1) is 0 Å². The maximum absolute atomic E-state index is 11.5. The van der Waals surface area contributed by atoms with Gasteiger partial charge in [0.2, 0.25) is 5.91 Å². The first-order valence-electron chi connectivity index (χ1n) is 6.40. The zero-order valence-electron chi connectivity index (χ0n) is 11.0. The minimum atomic E-state index is 0.0698. The first kappa shape index (κ1) is 14.4. The number of methoxy groups -OCH3 is 1. The van der Waals surface area contributed by atoms with E-state index < -0.39 is 0 Å². The van der Waals surface area contributed by atoms with Crippen LogP contribution in [0, 0.1) is 0 Å². The highest BCUT2D eigenvalue weighted by Crippen LogP contribution is 2.07. The van der Waals surface area contributed by atoms with Crippen LogP contribution in [0.5, 0.6) is 0 Å². The monoisotopic (exact) mass is 243 g/mol. The van der Waals surface area contributed by atoms with Crippen LogP contribution in [0.4, 0.5) is 0 Å². The molecular formula is C12H25N3O2. The van der Waals surface area contributed by atoms with E-state index in [0.29, 0.717) is 25.7 Å². The van der Waals surface area contributed by atoms with E-state index in [2.05, 4.69) is 15.5 Å². The third kappa shape index (κ3) is 6.61. The summed E-state index contributed by atoms with van der Waals surface area (Å²) in [5, 5.41) is 6.31. The van der Waals surface area contributed by atoms with Gasteiger partial charge < -0.3 is 15.4 Å². The second-order valence-electron chi connectivity index (χ2n) is 4.69. The van der Waals surface area contributed by atoms with Crippen molar-refractivity contribution in [1.29, 1.82) is 0 Å². The fourth-order valence-corrected chi connectivity index (χ4v) is 2.11. The van der Waals surface area contributed by atoms with Crippen molar-refractivity contribution in [3.05, 3.63) is 0 Å². The van der Waals surface area contributed by atoms with E-state index in [1.54, 1.807) is 7.11 Å². The largest absolute Gasteiger partial charge is 0.383 e. The number of rotatable bonds is 7. The number of hydrogen-bond acceptors (Lipinski definition) is 4. The van der Waals surface area contributed by atoms with Crippen LogP contribution in [0.2, 0.25) is 0 Å². The van der Waals surface area contributed by atoms with Gasteiger partial charge in [0.25, 0.3) is 0 Å². The molecule has 17 heavy (non-hydrogen) atoms. The Morgan fingerprint density at radius 3 is 3.00 bits per heavy atom. The predicted molar refractivity (Wildman–Crippen MR) is 68.0 cm³/mol. The molecule has 1 aliphatic rings. The fourth-order valence-electron chi connectivity index (χ4n) is 2.11. The highest BCUT2D eigenvalue weighted by atomic mass is 16.5. The summed E-state index contributed by atoms with van der Waals surface area (Å²) in [6.07, 6.45) is 3.79. The van der Waals surface area contributed by atoms with E-state index in [1.165, 1.54) is 19.3 Å². The summed E-state index contributed by atoms with van der Waals surface area (Å²) in [6, 6.07) is 0.542. The van der Waals surface area contributed by atoms with Gasteiger partial charge in [0.1, 0.15) is 0 Å². The Hall–Kier alpha value is -0.650. The van der Waals surface area contributed by atoms with Crippen molar-refractivity contribution in [2.45, 2.75) is 25.3 Å². The Bertz CT molecular complexity index is 218. The molecule has 0 aromatic rings. The molecule has 5 heteroatoms. The molecule has 1 saturated heterocycles. The Morgan fingerprint density at radius 1 is 1.53 bits per heavy atom. The van der Waals surface area contributed by atoms with E-state index in [4.69, 9.17) is 4.74 Å². The third-order valence-corrected chi connectivity index (χ3v) is 2.99. The van der Waals surface area contributed by atoms with Gasteiger partial charge in [-0.1, -0.05) is 6.42 Å². The average Bonchev–Trinajstić information content (AvgIpc) is 2.30. The van der Waals surface area contributed by atoms with Crippen molar-refractivity contribution in [2.24, 2.45) is 0 Å². The average molecular weight is 243 g/mol. The fraction of sp³-hybridized carbons (Fsp3) is 0.917. The van der Waals surface area contributed by atoms with Gasteiger partial charge in [-0.25, -0.2) is 0 Å². The number of ether oxygens (including phenoxy) is 1. The maximum Gasteiger partial charge on any atom is 0.234 e. The normalized spacial score (nSPS) is 20.5. The molecular weight excluding hydrogens is 218 g/mol. The van der Waals surface area contributed by atoms with Crippen molar-refractivity contribution in [3.63, 3.8) is 0 Å². The number of hydrogen-bond donors (Lipinski definition) is 2. The van der Waals surface area contributed by atoms with Crippen LogP contribution >= 0.6 is 0 Å². The standard InChI is InChI=1S/C12H25N3O2/c1-15(9-11-5-3-4-6-13-11)10-12(16)14-7-8-17-2/h11,13H,3-10H2,1-2H3,(H,14,16). The molecule has 0 bridgehead atoms. The molecule has 1 unspecified atom stereocenters. The molecule has 0 aliphatic carbocycles. The van der Waals surface area contributed by atoms with Gasteiger partial charge in [0, 0.05) is 26.2 Å². The summed E-state index contributed by atoms with van der Waals surface area (Å²) < 4.78 is 4.88. The summed E-state index contributed by atoms with van der Waals surface area (Å²) in [4.78, 5) is 13.6. The first-order valence-corrected chi connectivity index (χ1v) is 6.40. The molecule has 1 amide bonds. The molecule has 1 fully saturated rings. The molecule has 0 saturated carbocycles. The molecule has 0 spiro atoms. The topological polar surface area (TPSA) is 53.6 Å². The second kappa shape index (κ2) is 8.44. The third-order valence-electron chi connectivity index (χ3n) is 2.99. The Morgan fingerprint density at radius 2 is 2.35 bits per heavy atom. The smallest absolute Gasteiger partial charge is 0.234 e. The lowest BCUT2D eigenvalue weighted by Gasteiger charge is -2.27. The van der Waals surface area contributed by atoms with Crippen molar-refractivity contribution < 1.29 is 9.53 Å². The Labute approximate surface area is 104 Å². The van der Waals surface area contributed by atoms with Crippen LogP contribution in [-0.2, 0) is 9.53 Å². The Balaban J connectivity index is 2.10. The second-order valence-corrected chi connectivity index (χ2v) is 4.69. The van der Waals surface area contributed by atoms with E-state index in [1.807, 2.05) is 7.05 Å². The predicted octanol–water partition coefficient (Wildman–Crippen LogP) is -0.177. The van der Waals surface area contributed by atoms with Crippen molar-refractivity contribution in [1.82, 2.24) is 15.5 Å². The number of nitrogens with one attached hydrogen (secondary N) is 2. The number of carbonyl (C=O) groups is 1. The number of amides is 1. The molecule has 1 atom stereocenters. The van der Waals surface area contributed by atoms with Gasteiger partial charge in [-0.2, -0.15) is 0 Å². The maximum atomic E-state index is 11.5. The van der Waals surface area contributed by atoms with Gasteiger partial charge in [-0.05, 0) is 26.4 Å². The lowest BCUT2D eigenvalue weighted by Crippen LogP contribution is -2.45. The molecule has 1 aliphatic heterocycles. The molecule has 100 valence electrons. The zero-order chi connectivity index (χ0) is 12.5. The van der Waals surface area contributed by atoms with Gasteiger partial charge >= 0.3 is 0 Å². The molecule has 2 N–H and O–H groups in total. The van der Waals surface area contributed by atoms with Gasteiger partial charge in [-0.3, -0.25) is 9.69 Å². The van der Waals surface area contributed by atoms with E-state index in [9.17, 15) is 4.79 Å². The van der Waals surface area contributed by atoms with E-state index in [-0.39, 0.29) is 5.91 Å². The summed E-state index contributed by atoms with van der Waals surface area (Å²) in [7, 11) is 3.62. The van der Waals surface area contributed by atoms with Crippen molar-refractivity contribution in [2.75, 3.05) is 46.9 Å². The van der Waals surface area contributed by atoms with Crippen LogP contribution < -0.4 is 10.6 Å². The summed E-state index contributed by atoms with van der Waals surface area (Å²) >= 11 is 0. The molecule has 0 radical (unpaired) electrons. The molecule has 1 heterocycles. The molecule has 5 nitrogen and oxygen atoms in total. The SMILES string of the molecule is COCCNC(=O)CN(C)CC1CCCCN1. The number of carbonyl (C=O) groups excluding carboxylic acids is 1. The van der Waals surface area contributed by atoms with Crippen LogP contribution in [0.3, 0.4) is 0 Å². The lowest BCUT2D eigenvalue weighted by molar-refractivity contribution is -0.122. The minimum absolute atomic E-state index is 0.0698. The van der Waals surface area contributed by atoms with Crippen molar-refractivity contribution in [3.8, 4) is 0 Å². The van der Waals surface area contributed by atoms with E-state index >= 15 is 0 Å². The minimum Gasteiger partial charge on any atom is -0.383 e. The summed E-state index contributed by atoms with van der Waals surface area (Å²) in [5.41, 5.74) is 0. The van der Waals surface area contributed by atoms with Crippen LogP contribution in [0.15, 0.2) is 0 Å². The first-order chi connectivity index (χ1) is 8.22. The number of piperidine rings is 1. The Kier molecular flexibility index (Phi) is 7.16. The highest BCUT2D eigenvalue weighted by Gasteiger charge is 2.15. The summed E-state index contributed by atoms with van der Waals surface area (Å²) in [5.74, 6) is 0.0698. The van der Waals surface area contributed by atoms with E-state index in [0.717, 1.165) is 13.1 Å². The van der Waals surface area contributed by atoms with Crippen LogP contribution in [0.1, 0.15) is 19.3 Å². The highest BCUT2D eigenvalue weighted by molar-refractivity contribution is 5.77. The number of likely N-dealkylation sites (N-methyl/N-ethyl adjacent to an activating group) is 1. The molecule has 0 aromatic heterocycles. The molecule has 1 rings (SSSR count). The quantitative estimate of drug-likeness (QED) is 0.609. The zero-order valence-corrected chi connectivity index (χ0v) is 11.0. The molecule has 0 aromatic carbocycles. The van der Waals surface area contributed by atoms with Gasteiger partial charge in [0.15, 0.2) is 0 Å².